The smallest absolute Gasteiger partial charge is 0.231 e. The van der Waals surface area contributed by atoms with Crippen molar-refractivity contribution in [2.45, 2.75) is 13.3 Å². The SMILES string of the molecule is CCC(CN)C(=O)N(C)c1ccc(F)c(Cl)c1. The Morgan fingerprint density at radius 3 is 2.71 bits per heavy atom. The second-order valence-electron chi connectivity index (χ2n) is 3.84. The van der Waals surface area contributed by atoms with Crippen molar-refractivity contribution in [2.75, 3.05) is 18.5 Å². The third-order valence-electron chi connectivity index (χ3n) is 2.75. The molecular formula is C12H16ClFN2O. The summed E-state index contributed by atoms with van der Waals surface area (Å²) in [6.45, 7) is 2.20. The first-order valence-corrected chi connectivity index (χ1v) is 5.81. The van der Waals surface area contributed by atoms with Gasteiger partial charge in [0.05, 0.1) is 10.9 Å². The van der Waals surface area contributed by atoms with Crippen molar-refractivity contribution in [1.82, 2.24) is 0 Å². The number of carbonyl (C=O) groups excluding carboxylic acids is 1. The Morgan fingerprint density at radius 1 is 1.59 bits per heavy atom. The molecule has 2 N–H and O–H groups in total. The maximum absolute atomic E-state index is 13.0. The molecule has 0 saturated heterocycles. The molecular weight excluding hydrogens is 243 g/mol. The highest BCUT2D eigenvalue weighted by Gasteiger charge is 2.20. The second-order valence-corrected chi connectivity index (χ2v) is 4.24. The van der Waals surface area contributed by atoms with Gasteiger partial charge in [-0.3, -0.25) is 4.79 Å². The van der Waals surface area contributed by atoms with Crippen LogP contribution in [0, 0.1) is 11.7 Å². The van der Waals surface area contributed by atoms with Crippen LogP contribution in [0.3, 0.4) is 0 Å². The third kappa shape index (κ3) is 3.17. The van der Waals surface area contributed by atoms with Gasteiger partial charge in [0, 0.05) is 19.3 Å². The Morgan fingerprint density at radius 2 is 2.24 bits per heavy atom. The Bertz CT molecular complexity index is 407. The fraction of sp³-hybridized carbons (Fsp3) is 0.417. The average molecular weight is 259 g/mol. The van der Waals surface area contributed by atoms with Gasteiger partial charge >= 0.3 is 0 Å². The lowest BCUT2D eigenvalue weighted by Crippen LogP contribution is -2.36. The lowest BCUT2D eigenvalue weighted by atomic mass is 10.1. The van der Waals surface area contributed by atoms with Crippen LogP contribution in [0.4, 0.5) is 10.1 Å². The standard InChI is InChI=1S/C12H16ClFN2O/c1-3-8(7-15)12(17)16(2)9-4-5-11(14)10(13)6-9/h4-6,8H,3,7,15H2,1-2H3. The molecule has 17 heavy (non-hydrogen) atoms. The minimum absolute atomic E-state index is 0.00273. The Kier molecular flexibility index (Phi) is 4.90. The molecule has 1 aromatic rings. The van der Waals surface area contributed by atoms with Crippen molar-refractivity contribution in [3.8, 4) is 0 Å². The number of benzene rings is 1. The largest absolute Gasteiger partial charge is 0.330 e. The van der Waals surface area contributed by atoms with E-state index in [0.717, 1.165) is 0 Å². The van der Waals surface area contributed by atoms with Gasteiger partial charge in [0.25, 0.3) is 0 Å². The maximum Gasteiger partial charge on any atom is 0.231 e. The third-order valence-corrected chi connectivity index (χ3v) is 3.04. The summed E-state index contributed by atoms with van der Waals surface area (Å²) >= 11 is 5.67. The van der Waals surface area contributed by atoms with E-state index in [4.69, 9.17) is 17.3 Å². The van der Waals surface area contributed by atoms with Gasteiger partial charge in [0.15, 0.2) is 0 Å². The number of amides is 1. The van der Waals surface area contributed by atoms with Gasteiger partial charge in [-0.25, -0.2) is 4.39 Å². The minimum atomic E-state index is -0.498. The van der Waals surface area contributed by atoms with Crippen LogP contribution in [-0.2, 0) is 4.79 Å². The molecule has 0 saturated carbocycles. The van der Waals surface area contributed by atoms with E-state index in [9.17, 15) is 9.18 Å². The predicted molar refractivity (Wildman–Crippen MR) is 67.7 cm³/mol. The minimum Gasteiger partial charge on any atom is -0.330 e. The van der Waals surface area contributed by atoms with Crippen LogP contribution in [0.1, 0.15) is 13.3 Å². The first kappa shape index (κ1) is 13.9. The van der Waals surface area contributed by atoms with Gasteiger partial charge in [-0.1, -0.05) is 18.5 Å². The summed E-state index contributed by atoms with van der Waals surface area (Å²) in [7, 11) is 1.63. The maximum atomic E-state index is 13.0. The van der Waals surface area contributed by atoms with E-state index in [0.29, 0.717) is 18.7 Å². The zero-order valence-electron chi connectivity index (χ0n) is 9.91. The molecule has 0 aliphatic heterocycles. The van der Waals surface area contributed by atoms with Gasteiger partial charge in [0.2, 0.25) is 5.91 Å². The molecule has 1 rings (SSSR count). The van der Waals surface area contributed by atoms with Gasteiger partial charge in [0.1, 0.15) is 5.82 Å². The monoisotopic (exact) mass is 258 g/mol. The van der Waals surface area contributed by atoms with Crippen molar-refractivity contribution in [2.24, 2.45) is 11.7 Å². The summed E-state index contributed by atoms with van der Waals surface area (Å²) in [5.74, 6) is -0.802. The fourth-order valence-electron chi connectivity index (χ4n) is 1.54. The molecule has 0 aromatic heterocycles. The molecule has 0 heterocycles. The van der Waals surface area contributed by atoms with Crippen molar-refractivity contribution in [3.05, 3.63) is 29.0 Å². The number of nitrogens with zero attached hydrogens (tertiary/aromatic N) is 1. The number of hydrogen-bond donors (Lipinski definition) is 1. The summed E-state index contributed by atoms with van der Waals surface area (Å²) in [6, 6.07) is 4.19. The molecule has 1 amide bonds. The van der Waals surface area contributed by atoms with Crippen LogP contribution in [0.5, 0.6) is 0 Å². The number of carbonyl (C=O) groups is 1. The zero-order chi connectivity index (χ0) is 13.0. The first-order chi connectivity index (χ1) is 8.01. The highest BCUT2D eigenvalue weighted by Crippen LogP contribution is 2.23. The van der Waals surface area contributed by atoms with E-state index in [1.54, 1.807) is 7.05 Å². The van der Waals surface area contributed by atoms with Crippen LogP contribution in [0.25, 0.3) is 0 Å². The molecule has 0 bridgehead atoms. The number of nitrogens with two attached hydrogens (primary N) is 1. The number of hydrogen-bond acceptors (Lipinski definition) is 2. The number of anilines is 1. The van der Waals surface area contributed by atoms with E-state index in [1.807, 2.05) is 6.92 Å². The Balaban J connectivity index is 2.92. The first-order valence-electron chi connectivity index (χ1n) is 5.44. The summed E-state index contributed by atoms with van der Waals surface area (Å²) in [5, 5.41) is 0.00273. The Hall–Kier alpha value is -1.13. The lowest BCUT2D eigenvalue weighted by Gasteiger charge is -2.22. The van der Waals surface area contributed by atoms with Gasteiger partial charge < -0.3 is 10.6 Å². The van der Waals surface area contributed by atoms with E-state index < -0.39 is 5.82 Å². The van der Waals surface area contributed by atoms with Crippen LogP contribution in [0.15, 0.2) is 18.2 Å². The Labute approximate surface area is 105 Å². The topological polar surface area (TPSA) is 46.3 Å². The van der Waals surface area contributed by atoms with Crippen LogP contribution >= 0.6 is 11.6 Å². The molecule has 1 unspecified atom stereocenters. The van der Waals surface area contributed by atoms with Crippen molar-refractivity contribution in [3.63, 3.8) is 0 Å². The summed E-state index contributed by atoms with van der Waals surface area (Å²) in [4.78, 5) is 13.5. The molecule has 1 atom stereocenters. The van der Waals surface area contributed by atoms with E-state index in [-0.39, 0.29) is 16.8 Å². The van der Waals surface area contributed by atoms with Crippen molar-refractivity contribution < 1.29 is 9.18 Å². The molecule has 0 aliphatic carbocycles. The molecule has 0 spiro atoms. The highest BCUT2D eigenvalue weighted by atomic mass is 35.5. The van der Waals surface area contributed by atoms with Gasteiger partial charge in [-0.15, -0.1) is 0 Å². The van der Waals surface area contributed by atoms with Crippen molar-refractivity contribution in [1.29, 1.82) is 0 Å². The predicted octanol–water partition coefficient (Wildman–Crippen LogP) is 2.43. The summed E-state index contributed by atoms with van der Waals surface area (Å²) < 4.78 is 13.0. The lowest BCUT2D eigenvalue weighted by molar-refractivity contribution is -0.121. The van der Waals surface area contributed by atoms with E-state index >= 15 is 0 Å². The molecule has 1 aromatic carbocycles. The number of rotatable bonds is 4. The molecule has 0 fully saturated rings. The molecule has 0 radical (unpaired) electrons. The number of halogens is 2. The average Bonchev–Trinajstić information content (AvgIpc) is 2.33. The zero-order valence-corrected chi connectivity index (χ0v) is 10.7. The van der Waals surface area contributed by atoms with Gasteiger partial charge in [-0.2, -0.15) is 0 Å². The highest BCUT2D eigenvalue weighted by molar-refractivity contribution is 6.31. The quantitative estimate of drug-likeness (QED) is 0.902. The fourth-order valence-corrected chi connectivity index (χ4v) is 1.71. The molecule has 94 valence electrons. The molecule has 0 aliphatic rings. The van der Waals surface area contributed by atoms with E-state index in [1.165, 1.54) is 23.1 Å². The molecule has 3 nitrogen and oxygen atoms in total. The van der Waals surface area contributed by atoms with Crippen LogP contribution in [-0.4, -0.2) is 19.5 Å². The summed E-state index contributed by atoms with van der Waals surface area (Å²) in [5.41, 5.74) is 6.08. The van der Waals surface area contributed by atoms with Crippen LogP contribution < -0.4 is 10.6 Å². The van der Waals surface area contributed by atoms with E-state index in [2.05, 4.69) is 0 Å². The molecule has 5 heteroatoms. The van der Waals surface area contributed by atoms with Gasteiger partial charge in [-0.05, 0) is 24.6 Å². The second kappa shape index (κ2) is 5.98. The van der Waals surface area contributed by atoms with Crippen molar-refractivity contribution >= 4 is 23.2 Å². The van der Waals surface area contributed by atoms with Crippen LogP contribution in [0.2, 0.25) is 5.02 Å². The summed E-state index contributed by atoms with van der Waals surface area (Å²) in [6.07, 6.45) is 0.675. The normalized spacial score (nSPS) is 12.3.